The van der Waals surface area contributed by atoms with Gasteiger partial charge in [0, 0.05) is 11.6 Å². The third kappa shape index (κ3) is 5.23. The molecule has 0 unspecified atom stereocenters. The number of esters is 1. The molecule has 2 aromatic heterocycles. The minimum absolute atomic E-state index is 0.0367. The zero-order valence-corrected chi connectivity index (χ0v) is 23.3. The summed E-state index contributed by atoms with van der Waals surface area (Å²) < 4.78 is 18.5. The van der Waals surface area contributed by atoms with Crippen LogP contribution in [0.15, 0.2) is 92.7 Å². The molecule has 1 aliphatic rings. The molecule has 2 aromatic carbocycles. The summed E-state index contributed by atoms with van der Waals surface area (Å²) >= 11 is 13.4. The lowest BCUT2D eigenvalue weighted by Crippen LogP contribution is -2.39. The highest BCUT2D eigenvalue weighted by atomic mass is 35.5. The molecule has 0 saturated carbocycles. The summed E-state index contributed by atoms with van der Waals surface area (Å²) in [5, 5.41) is 0.861. The molecular formula is C29H22Cl2N2O5S. The van der Waals surface area contributed by atoms with E-state index in [1.165, 1.54) is 22.0 Å². The van der Waals surface area contributed by atoms with Gasteiger partial charge in [-0.2, -0.15) is 0 Å². The summed E-state index contributed by atoms with van der Waals surface area (Å²) in [6, 6.07) is 15.2. The van der Waals surface area contributed by atoms with E-state index >= 15 is 0 Å². The molecule has 0 amide bonds. The van der Waals surface area contributed by atoms with Crippen LogP contribution in [0.4, 0.5) is 0 Å². The van der Waals surface area contributed by atoms with Crippen molar-refractivity contribution in [1.29, 1.82) is 0 Å². The number of ether oxygens (including phenoxy) is 2. The molecule has 7 nitrogen and oxygen atoms in total. The van der Waals surface area contributed by atoms with Gasteiger partial charge in [0.25, 0.3) is 5.56 Å². The molecule has 10 heteroatoms. The highest BCUT2D eigenvalue weighted by Crippen LogP contribution is 2.32. The fourth-order valence-corrected chi connectivity index (χ4v) is 5.59. The number of furan rings is 1. The Kier molecular flexibility index (Phi) is 7.61. The van der Waals surface area contributed by atoms with Crippen LogP contribution in [0.3, 0.4) is 0 Å². The van der Waals surface area contributed by atoms with Crippen LogP contribution >= 0.6 is 34.5 Å². The van der Waals surface area contributed by atoms with Crippen molar-refractivity contribution in [1.82, 2.24) is 4.57 Å². The molecule has 0 N–H and O–H groups in total. The van der Waals surface area contributed by atoms with Crippen molar-refractivity contribution in [2.75, 3.05) is 13.7 Å². The maximum absolute atomic E-state index is 13.8. The fourth-order valence-electron chi connectivity index (χ4n) is 4.26. The van der Waals surface area contributed by atoms with Gasteiger partial charge >= 0.3 is 5.97 Å². The van der Waals surface area contributed by atoms with Crippen molar-refractivity contribution in [2.24, 2.45) is 4.99 Å². The number of halogens is 2. The standard InChI is InChI=1S/C29H22Cl2N2O5S/c1-4-13-37-28(35)25-16(2)32-29-33(26(25)17-5-8-19(36-3)9-6-17)27(34)24(39-29)15-20-10-12-23(38-20)18-7-11-21(30)22(31)14-18/h4-12,14-15,26H,1,13H2,2-3H3/b24-15+/t26-/m0/s1. The molecule has 0 radical (unpaired) electrons. The van der Waals surface area contributed by atoms with E-state index in [9.17, 15) is 9.59 Å². The third-order valence-corrected chi connectivity index (χ3v) is 7.83. The Morgan fingerprint density at radius 3 is 2.62 bits per heavy atom. The molecule has 1 aliphatic heterocycles. The van der Waals surface area contributed by atoms with Crippen LogP contribution in [0.5, 0.6) is 5.75 Å². The molecule has 4 aromatic rings. The van der Waals surface area contributed by atoms with Crippen molar-refractivity contribution in [3.05, 3.63) is 120 Å². The molecule has 0 fully saturated rings. The van der Waals surface area contributed by atoms with Crippen molar-refractivity contribution < 1.29 is 18.7 Å². The molecule has 0 saturated heterocycles. The number of allylic oxidation sites excluding steroid dienone is 1. The van der Waals surface area contributed by atoms with Gasteiger partial charge in [-0.3, -0.25) is 9.36 Å². The van der Waals surface area contributed by atoms with E-state index < -0.39 is 12.0 Å². The van der Waals surface area contributed by atoms with Gasteiger partial charge in [-0.1, -0.05) is 59.3 Å². The molecule has 39 heavy (non-hydrogen) atoms. The smallest absolute Gasteiger partial charge is 0.338 e. The average molecular weight is 581 g/mol. The predicted octanol–water partition coefficient (Wildman–Crippen LogP) is 5.54. The highest BCUT2D eigenvalue weighted by molar-refractivity contribution is 7.07. The van der Waals surface area contributed by atoms with Crippen molar-refractivity contribution in [3.63, 3.8) is 0 Å². The monoisotopic (exact) mass is 580 g/mol. The number of carbonyl (C=O) groups excluding carboxylic acids is 1. The summed E-state index contributed by atoms with van der Waals surface area (Å²) in [4.78, 5) is 31.9. The van der Waals surface area contributed by atoms with E-state index in [4.69, 9.17) is 37.1 Å². The molecule has 0 aliphatic carbocycles. The average Bonchev–Trinajstić information content (AvgIpc) is 3.52. The maximum atomic E-state index is 13.8. The highest BCUT2D eigenvalue weighted by Gasteiger charge is 2.33. The Bertz CT molecular complexity index is 1800. The van der Waals surface area contributed by atoms with Crippen LogP contribution < -0.4 is 19.6 Å². The number of fused-ring (bicyclic) bond motifs is 1. The van der Waals surface area contributed by atoms with Gasteiger partial charge in [0.1, 0.15) is 23.9 Å². The van der Waals surface area contributed by atoms with E-state index in [0.717, 1.165) is 5.56 Å². The van der Waals surface area contributed by atoms with E-state index in [1.807, 2.05) is 12.1 Å². The largest absolute Gasteiger partial charge is 0.497 e. The normalized spacial score (nSPS) is 15.1. The van der Waals surface area contributed by atoms with E-state index in [2.05, 4.69) is 11.6 Å². The van der Waals surface area contributed by atoms with Gasteiger partial charge < -0.3 is 13.9 Å². The maximum Gasteiger partial charge on any atom is 0.338 e. The SMILES string of the molecule is C=CCOC(=O)C1=C(C)N=c2s/c(=C/c3ccc(-c4ccc(Cl)c(Cl)c4)o3)c(=O)n2[C@H]1c1ccc(OC)cc1. The first-order chi connectivity index (χ1) is 18.8. The number of rotatable bonds is 7. The first-order valence-electron chi connectivity index (χ1n) is 11.8. The van der Waals surface area contributed by atoms with E-state index in [-0.39, 0.29) is 17.7 Å². The molecule has 3 heterocycles. The number of hydrogen-bond acceptors (Lipinski definition) is 7. The van der Waals surface area contributed by atoms with Crippen LogP contribution in [0.1, 0.15) is 24.3 Å². The minimum atomic E-state index is -0.741. The predicted molar refractivity (Wildman–Crippen MR) is 152 cm³/mol. The number of hydrogen-bond donors (Lipinski definition) is 0. The summed E-state index contributed by atoms with van der Waals surface area (Å²) in [6.07, 6.45) is 3.14. The third-order valence-electron chi connectivity index (χ3n) is 6.11. The van der Waals surface area contributed by atoms with Gasteiger partial charge in [-0.05, 0) is 55.0 Å². The summed E-state index contributed by atoms with van der Waals surface area (Å²) in [7, 11) is 1.57. The molecule has 1 atom stereocenters. The van der Waals surface area contributed by atoms with Gasteiger partial charge in [-0.25, -0.2) is 9.79 Å². The number of aromatic nitrogens is 1. The Morgan fingerprint density at radius 2 is 1.92 bits per heavy atom. The molecule has 198 valence electrons. The number of thiazole rings is 1. The van der Waals surface area contributed by atoms with E-state index in [1.54, 1.807) is 62.6 Å². The molecule has 0 bridgehead atoms. The quantitative estimate of drug-likeness (QED) is 0.212. The Labute approximate surface area is 237 Å². The van der Waals surface area contributed by atoms with Gasteiger partial charge in [-0.15, -0.1) is 0 Å². The fraction of sp³-hybridized carbons (Fsp3) is 0.138. The van der Waals surface area contributed by atoms with Crippen LogP contribution in [0.2, 0.25) is 10.0 Å². The van der Waals surface area contributed by atoms with Gasteiger partial charge in [0.05, 0.1) is 39.0 Å². The zero-order chi connectivity index (χ0) is 27.7. The van der Waals surface area contributed by atoms with Crippen LogP contribution in [0, 0.1) is 0 Å². The van der Waals surface area contributed by atoms with Crippen LogP contribution in [-0.2, 0) is 9.53 Å². The number of methoxy groups -OCH3 is 1. The second kappa shape index (κ2) is 11.1. The summed E-state index contributed by atoms with van der Waals surface area (Å²) in [5.74, 6) is 1.14. The lowest BCUT2D eigenvalue weighted by molar-refractivity contribution is -0.138. The number of nitrogens with zero attached hydrogens (tertiary/aromatic N) is 2. The second-order valence-corrected chi connectivity index (χ2v) is 10.4. The van der Waals surface area contributed by atoms with Crippen molar-refractivity contribution in [3.8, 4) is 17.1 Å². The topological polar surface area (TPSA) is 83.0 Å². The second-order valence-electron chi connectivity index (χ2n) is 8.57. The Hall–Kier alpha value is -3.85. The molecule has 0 spiro atoms. The van der Waals surface area contributed by atoms with Crippen LogP contribution in [-0.4, -0.2) is 24.3 Å². The first-order valence-corrected chi connectivity index (χ1v) is 13.4. The van der Waals surface area contributed by atoms with Crippen molar-refractivity contribution >= 4 is 46.6 Å². The lowest BCUT2D eigenvalue weighted by atomic mass is 9.96. The summed E-state index contributed by atoms with van der Waals surface area (Å²) in [6.45, 7) is 5.37. The molecular weight excluding hydrogens is 559 g/mol. The molecule has 5 rings (SSSR count). The first kappa shape index (κ1) is 26.7. The Balaban J connectivity index is 1.61. The zero-order valence-electron chi connectivity index (χ0n) is 20.9. The number of benzene rings is 2. The van der Waals surface area contributed by atoms with Crippen LogP contribution in [0.25, 0.3) is 17.4 Å². The number of carbonyl (C=O) groups is 1. The Morgan fingerprint density at radius 1 is 1.15 bits per heavy atom. The van der Waals surface area contributed by atoms with Crippen molar-refractivity contribution in [2.45, 2.75) is 13.0 Å². The minimum Gasteiger partial charge on any atom is -0.497 e. The van der Waals surface area contributed by atoms with Gasteiger partial charge in [0.2, 0.25) is 0 Å². The lowest BCUT2D eigenvalue weighted by Gasteiger charge is -2.24. The van der Waals surface area contributed by atoms with Gasteiger partial charge in [0.15, 0.2) is 4.80 Å². The summed E-state index contributed by atoms with van der Waals surface area (Å²) in [5.41, 5.74) is 1.90. The van der Waals surface area contributed by atoms with E-state index in [0.29, 0.717) is 47.9 Å².